The third kappa shape index (κ3) is 8.77. The van der Waals surface area contributed by atoms with Crippen molar-refractivity contribution < 1.29 is 9.53 Å². The third-order valence-electron chi connectivity index (χ3n) is 5.80. The van der Waals surface area contributed by atoms with Gasteiger partial charge in [0.2, 0.25) is 0 Å². The highest BCUT2D eigenvalue weighted by molar-refractivity contribution is 5.79. The van der Waals surface area contributed by atoms with E-state index in [1.54, 1.807) is 21.1 Å². The van der Waals surface area contributed by atoms with Gasteiger partial charge in [-0.15, -0.1) is 0 Å². The molecule has 1 aliphatic rings. The van der Waals surface area contributed by atoms with Crippen LogP contribution in [-0.2, 0) is 11.3 Å². The predicted molar refractivity (Wildman–Crippen MR) is 127 cm³/mol. The van der Waals surface area contributed by atoms with Gasteiger partial charge in [-0.25, -0.2) is 0 Å². The maximum absolute atomic E-state index is 11.7. The molecular formula is C24H41N5O2. The summed E-state index contributed by atoms with van der Waals surface area (Å²) in [5.74, 6) is 2.02. The van der Waals surface area contributed by atoms with E-state index in [4.69, 9.17) is 4.74 Å². The van der Waals surface area contributed by atoms with Gasteiger partial charge < -0.3 is 20.3 Å². The highest BCUT2D eigenvalue weighted by Gasteiger charge is 2.22. The van der Waals surface area contributed by atoms with Gasteiger partial charge in [0.1, 0.15) is 5.75 Å². The maximum atomic E-state index is 11.7. The molecule has 31 heavy (non-hydrogen) atoms. The zero-order valence-corrected chi connectivity index (χ0v) is 20.0. The van der Waals surface area contributed by atoms with Crippen molar-refractivity contribution in [2.24, 2.45) is 10.9 Å². The number of carbonyl (C=O) groups excluding carboxylic acids is 1. The minimum atomic E-state index is -0.0581. The summed E-state index contributed by atoms with van der Waals surface area (Å²) in [6.45, 7) is 8.56. The first-order valence-electron chi connectivity index (χ1n) is 11.5. The average Bonchev–Trinajstić information content (AvgIpc) is 3.03. The van der Waals surface area contributed by atoms with Gasteiger partial charge in [0.05, 0.1) is 0 Å². The second-order valence-electron chi connectivity index (χ2n) is 8.79. The Morgan fingerprint density at radius 1 is 1.16 bits per heavy atom. The number of likely N-dealkylation sites (N-methyl/N-ethyl adjacent to an activating group) is 1. The van der Waals surface area contributed by atoms with E-state index >= 15 is 0 Å². The van der Waals surface area contributed by atoms with Crippen molar-refractivity contribution in [3.05, 3.63) is 29.8 Å². The molecule has 0 bridgehead atoms. The zero-order valence-electron chi connectivity index (χ0n) is 20.0. The molecule has 1 amide bonds. The number of carbonyl (C=O) groups is 1. The molecule has 1 heterocycles. The number of benzene rings is 1. The van der Waals surface area contributed by atoms with Gasteiger partial charge in [-0.1, -0.05) is 38.8 Å². The topological polar surface area (TPSA) is 69.2 Å². The van der Waals surface area contributed by atoms with Crippen LogP contribution in [0, 0.1) is 5.92 Å². The number of hydrogen-bond donors (Lipinski definition) is 2. The van der Waals surface area contributed by atoms with E-state index < -0.39 is 0 Å². The summed E-state index contributed by atoms with van der Waals surface area (Å²) in [6, 6.07) is 8.31. The highest BCUT2D eigenvalue weighted by Crippen LogP contribution is 2.17. The lowest BCUT2D eigenvalue weighted by Crippen LogP contribution is -2.49. The second kappa shape index (κ2) is 13.2. The quantitative estimate of drug-likeness (QED) is 0.465. The van der Waals surface area contributed by atoms with E-state index in [1.165, 1.54) is 43.7 Å². The van der Waals surface area contributed by atoms with Crippen LogP contribution >= 0.6 is 0 Å². The first-order valence-corrected chi connectivity index (χ1v) is 11.5. The Morgan fingerprint density at radius 2 is 1.87 bits per heavy atom. The van der Waals surface area contributed by atoms with Crippen LogP contribution in [0.1, 0.15) is 45.1 Å². The molecule has 7 heteroatoms. The molecule has 1 aromatic carbocycles. The Morgan fingerprint density at radius 3 is 2.48 bits per heavy atom. The summed E-state index contributed by atoms with van der Waals surface area (Å²) < 4.78 is 5.62. The number of guanidine groups is 1. The van der Waals surface area contributed by atoms with E-state index in [9.17, 15) is 4.79 Å². The fraction of sp³-hybridized carbons (Fsp3) is 0.667. The fourth-order valence-electron chi connectivity index (χ4n) is 3.84. The first-order chi connectivity index (χ1) is 14.9. The Hall–Kier alpha value is -2.28. The van der Waals surface area contributed by atoms with Gasteiger partial charge in [0.15, 0.2) is 12.6 Å². The Balaban J connectivity index is 1.85. The molecule has 1 unspecified atom stereocenters. The van der Waals surface area contributed by atoms with Gasteiger partial charge >= 0.3 is 0 Å². The van der Waals surface area contributed by atoms with Crippen LogP contribution in [0.2, 0.25) is 0 Å². The number of amides is 1. The van der Waals surface area contributed by atoms with Crippen molar-refractivity contribution in [1.82, 2.24) is 20.4 Å². The van der Waals surface area contributed by atoms with E-state index in [0.717, 1.165) is 18.1 Å². The molecule has 0 aromatic heterocycles. The fourth-order valence-corrected chi connectivity index (χ4v) is 3.84. The second-order valence-corrected chi connectivity index (χ2v) is 8.79. The molecule has 0 spiro atoms. The Kier molecular flexibility index (Phi) is 10.6. The number of rotatable bonds is 9. The number of nitrogens with one attached hydrogen (secondary N) is 2. The normalized spacial score (nSPS) is 16.5. The molecule has 0 aliphatic carbocycles. The van der Waals surface area contributed by atoms with Crippen molar-refractivity contribution in [3.63, 3.8) is 0 Å². The molecule has 1 atom stereocenters. The van der Waals surface area contributed by atoms with Crippen molar-refractivity contribution >= 4 is 11.9 Å². The molecule has 1 aliphatic heterocycles. The molecule has 1 aromatic rings. The van der Waals surface area contributed by atoms with Gasteiger partial charge in [-0.05, 0) is 49.5 Å². The van der Waals surface area contributed by atoms with Crippen LogP contribution in [0.5, 0.6) is 5.75 Å². The minimum absolute atomic E-state index is 0.0419. The predicted octanol–water partition coefficient (Wildman–Crippen LogP) is 2.72. The number of ether oxygens (including phenoxy) is 1. The summed E-state index contributed by atoms with van der Waals surface area (Å²) in [7, 11) is 5.25. The lowest BCUT2D eigenvalue weighted by Gasteiger charge is -2.34. The molecule has 174 valence electrons. The van der Waals surface area contributed by atoms with Crippen LogP contribution in [0.3, 0.4) is 0 Å². The number of nitrogens with zero attached hydrogens (tertiary/aromatic N) is 3. The minimum Gasteiger partial charge on any atom is -0.484 e. The SMILES string of the molecule is CN=C(NCc1cccc(OCC(=O)N(C)C)c1)NCC(C(C)C)N1CCCCCC1. The van der Waals surface area contributed by atoms with Crippen molar-refractivity contribution in [1.29, 1.82) is 0 Å². The third-order valence-corrected chi connectivity index (χ3v) is 5.80. The van der Waals surface area contributed by atoms with Crippen molar-refractivity contribution in [2.75, 3.05) is 47.4 Å². The maximum Gasteiger partial charge on any atom is 0.259 e. The summed E-state index contributed by atoms with van der Waals surface area (Å²) in [5.41, 5.74) is 1.07. The van der Waals surface area contributed by atoms with E-state index in [1.807, 2.05) is 24.3 Å². The summed E-state index contributed by atoms with van der Waals surface area (Å²) in [4.78, 5) is 20.3. The lowest BCUT2D eigenvalue weighted by molar-refractivity contribution is -0.130. The van der Waals surface area contributed by atoms with Crippen molar-refractivity contribution in [2.45, 2.75) is 52.1 Å². The first kappa shape index (κ1) is 25.0. The van der Waals surface area contributed by atoms with Gasteiger partial charge in [-0.2, -0.15) is 0 Å². The molecule has 7 nitrogen and oxygen atoms in total. The van der Waals surface area contributed by atoms with Gasteiger partial charge in [0.25, 0.3) is 5.91 Å². The van der Waals surface area contributed by atoms with Crippen molar-refractivity contribution in [3.8, 4) is 5.75 Å². The largest absolute Gasteiger partial charge is 0.484 e. The monoisotopic (exact) mass is 431 g/mol. The summed E-state index contributed by atoms with van der Waals surface area (Å²) >= 11 is 0. The highest BCUT2D eigenvalue weighted by atomic mass is 16.5. The Labute approximate surface area is 188 Å². The Bertz CT molecular complexity index is 697. The molecule has 1 fully saturated rings. The van der Waals surface area contributed by atoms with E-state index in [-0.39, 0.29) is 12.5 Å². The smallest absolute Gasteiger partial charge is 0.259 e. The summed E-state index contributed by atoms with van der Waals surface area (Å²) in [5, 5.41) is 6.92. The van der Waals surface area contributed by atoms with E-state index in [2.05, 4.69) is 34.4 Å². The molecule has 0 saturated carbocycles. The standard InChI is InChI=1S/C24H41N5O2/c1-19(2)22(29-13-8-6-7-9-14-29)17-27-24(25-3)26-16-20-11-10-12-21(15-20)31-18-23(30)28(4)5/h10-12,15,19,22H,6-9,13-14,16-18H2,1-5H3,(H2,25,26,27). The van der Waals surface area contributed by atoms with Crippen LogP contribution in [0.4, 0.5) is 0 Å². The van der Waals surface area contributed by atoms with Crippen LogP contribution in [0.15, 0.2) is 29.3 Å². The molecule has 2 rings (SSSR count). The number of likely N-dealkylation sites (tertiary alicyclic amines) is 1. The molecule has 2 N–H and O–H groups in total. The average molecular weight is 432 g/mol. The van der Waals surface area contributed by atoms with Crippen LogP contribution in [0.25, 0.3) is 0 Å². The number of aliphatic imine (C=N–C) groups is 1. The lowest BCUT2D eigenvalue weighted by atomic mass is 10.0. The van der Waals surface area contributed by atoms with Crippen LogP contribution in [-0.4, -0.2) is 75.1 Å². The zero-order chi connectivity index (χ0) is 22.6. The molecule has 0 radical (unpaired) electrons. The van der Waals surface area contributed by atoms with E-state index in [0.29, 0.717) is 24.3 Å². The molecular weight excluding hydrogens is 390 g/mol. The summed E-state index contributed by atoms with van der Waals surface area (Å²) in [6.07, 6.45) is 5.30. The van der Waals surface area contributed by atoms with Gasteiger partial charge in [0, 0.05) is 40.3 Å². The molecule has 1 saturated heterocycles. The van der Waals surface area contributed by atoms with Crippen LogP contribution < -0.4 is 15.4 Å². The van der Waals surface area contributed by atoms with Gasteiger partial charge in [-0.3, -0.25) is 14.7 Å². The number of hydrogen-bond acceptors (Lipinski definition) is 4.